The van der Waals surface area contributed by atoms with E-state index in [-0.39, 0.29) is 23.3 Å². The smallest absolute Gasteiger partial charge is 0.317 e. The van der Waals surface area contributed by atoms with Crippen LogP contribution in [0.25, 0.3) is 0 Å². The van der Waals surface area contributed by atoms with Crippen molar-refractivity contribution in [1.82, 2.24) is 20.2 Å². The summed E-state index contributed by atoms with van der Waals surface area (Å²) in [6.45, 7) is 9.94. The van der Waals surface area contributed by atoms with E-state index < -0.39 is 11.5 Å². The number of aromatic nitrogens is 4. The van der Waals surface area contributed by atoms with Crippen LogP contribution in [0.2, 0.25) is 0 Å². The molecule has 1 aliphatic rings. The van der Waals surface area contributed by atoms with Gasteiger partial charge in [-0.05, 0) is 45.7 Å². The average molecular weight is 469 g/mol. The average Bonchev–Trinajstić information content (AvgIpc) is 2.81. The maximum atomic E-state index is 15.3. The summed E-state index contributed by atoms with van der Waals surface area (Å²) in [5.74, 6) is -2.04. The predicted molar refractivity (Wildman–Crippen MR) is 127 cm³/mol. The maximum Gasteiger partial charge on any atom is 0.317 e. The summed E-state index contributed by atoms with van der Waals surface area (Å²) in [6, 6.07) is 7.29. The van der Waals surface area contributed by atoms with E-state index in [9.17, 15) is 5.11 Å². The largest absolute Gasteiger partial charge is 0.388 e. The van der Waals surface area contributed by atoms with E-state index in [4.69, 9.17) is 0 Å². The lowest BCUT2D eigenvalue weighted by atomic mass is 9.92. The number of piperazine rings is 1. The molecule has 0 bridgehead atoms. The summed E-state index contributed by atoms with van der Waals surface area (Å²) in [5, 5.41) is 19.4. The van der Waals surface area contributed by atoms with Gasteiger partial charge in [-0.15, -0.1) is 10.2 Å². The lowest BCUT2D eigenvalue weighted by molar-refractivity contribution is 0.0356. The van der Waals surface area contributed by atoms with E-state index in [1.807, 2.05) is 4.90 Å². The minimum Gasteiger partial charge on any atom is -0.388 e. The first kappa shape index (κ1) is 23.9. The molecule has 0 saturated carbocycles. The number of rotatable bonds is 5. The zero-order valence-corrected chi connectivity index (χ0v) is 20.1. The third kappa shape index (κ3) is 4.32. The van der Waals surface area contributed by atoms with Crippen LogP contribution in [0.4, 0.5) is 20.4 Å². The van der Waals surface area contributed by atoms with Crippen molar-refractivity contribution in [3.63, 3.8) is 0 Å². The van der Waals surface area contributed by atoms with Crippen molar-refractivity contribution in [3.8, 4) is 0 Å². The Morgan fingerprint density at radius 1 is 0.971 bits per heavy atom. The molecule has 4 rings (SSSR count). The lowest BCUT2D eigenvalue weighted by Gasteiger charge is -2.50. The highest BCUT2D eigenvalue weighted by Gasteiger charge is 2.43. The molecule has 34 heavy (non-hydrogen) atoms. The molecule has 180 valence electrons. The summed E-state index contributed by atoms with van der Waals surface area (Å²) < 4.78 is 30.6. The number of hydrogen-bond donors (Lipinski definition) is 1. The molecule has 0 aliphatic carbocycles. The van der Waals surface area contributed by atoms with Gasteiger partial charge in [0.25, 0.3) is 0 Å². The Morgan fingerprint density at radius 3 is 2.29 bits per heavy atom. The monoisotopic (exact) mass is 468 g/mol. The van der Waals surface area contributed by atoms with E-state index in [2.05, 4.69) is 32.0 Å². The van der Waals surface area contributed by atoms with Gasteiger partial charge in [-0.2, -0.15) is 8.78 Å². The molecule has 1 aliphatic heterocycles. The number of alkyl halides is 2. The first-order valence-corrected chi connectivity index (χ1v) is 11.3. The van der Waals surface area contributed by atoms with Crippen LogP contribution in [0, 0.1) is 13.8 Å². The fourth-order valence-electron chi connectivity index (χ4n) is 4.52. The standard InChI is InChI=1S/C25H30F2N6O/c1-16-14-33(20(24(4,5)34)15-32(16)21-13-28-11-12-29-21)23-18(3)17(2)22(30-31-23)25(26,27)19-9-7-6-8-10-19/h6-13,16,20,34H,14-15H2,1-5H3/t16-,20?/m1/s1. The van der Waals surface area contributed by atoms with Crippen LogP contribution in [0.3, 0.4) is 0 Å². The van der Waals surface area contributed by atoms with Gasteiger partial charge < -0.3 is 14.9 Å². The van der Waals surface area contributed by atoms with Crippen LogP contribution in [0.5, 0.6) is 0 Å². The van der Waals surface area contributed by atoms with E-state index in [1.54, 1.807) is 64.5 Å². The van der Waals surface area contributed by atoms with E-state index >= 15 is 8.78 Å². The predicted octanol–water partition coefficient (Wildman–Crippen LogP) is 3.88. The molecule has 9 heteroatoms. The number of hydrogen-bond acceptors (Lipinski definition) is 7. The van der Waals surface area contributed by atoms with Crippen molar-refractivity contribution >= 4 is 11.6 Å². The van der Waals surface area contributed by atoms with Gasteiger partial charge in [0.2, 0.25) is 0 Å². The minimum atomic E-state index is -3.27. The maximum absolute atomic E-state index is 15.3. The minimum absolute atomic E-state index is 0.0160. The van der Waals surface area contributed by atoms with Crippen LogP contribution in [0.1, 0.15) is 43.2 Å². The van der Waals surface area contributed by atoms with Gasteiger partial charge in [0.05, 0.1) is 17.8 Å². The van der Waals surface area contributed by atoms with Gasteiger partial charge in [-0.25, -0.2) is 4.98 Å². The Balaban J connectivity index is 1.72. The number of nitrogens with zero attached hydrogens (tertiary/aromatic N) is 6. The van der Waals surface area contributed by atoms with Crippen molar-refractivity contribution in [2.45, 2.75) is 58.2 Å². The van der Waals surface area contributed by atoms with Gasteiger partial charge in [0.15, 0.2) is 5.82 Å². The van der Waals surface area contributed by atoms with Crippen LogP contribution < -0.4 is 9.80 Å². The molecule has 3 aromatic rings. The Morgan fingerprint density at radius 2 is 1.68 bits per heavy atom. The second-order valence-corrected chi connectivity index (χ2v) is 9.45. The van der Waals surface area contributed by atoms with Gasteiger partial charge in [-0.3, -0.25) is 4.98 Å². The van der Waals surface area contributed by atoms with E-state index in [0.29, 0.717) is 30.0 Å². The van der Waals surface area contributed by atoms with Crippen LogP contribution >= 0.6 is 0 Å². The SMILES string of the molecule is Cc1c(N2C[C@@H](C)N(c3cnccn3)CC2C(C)(C)O)nnc(C(F)(F)c2ccccc2)c1C. The van der Waals surface area contributed by atoms with Crippen LogP contribution in [-0.4, -0.2) is 56.0 Å². The molecule has 1 aromatic carbocycles. The first-order valence-electron chi connectivity index (χ1n) is 11.3. The highest BCUT2D eigenvalue weighted by molar-refractivity contribution is 5.55. The third-order valence-corrected chi connectivity index (χ3v) is 6.60. The molecule has 1 N–H and O–H groups in total. The fraction of sp³-hybridized carbons (Fsp3) is 0.440. The molecule has 1 saturated heterocycles. The summed E-state index contributed by atoms with van der Waals surface area (Å²) in [7, 11) is 0. The highest BCUT2D eigenvalue weighted by Crippen LogP contribution is 2.39. The van der Waals surface area contributed by atoms with Crippen molar-refractivity contribution in [2.75, 3.05) is 22.9 Å². The quantitative estimate of drug-likeness (QED) is 0.609. The third-order valence-electron chi connectivity index (χ3n) is 6.60. The molecule has 1 unspecified atom stereocenters. The number of halogens is 2. The Bertz CT molecular complexity index is 1140. The van der Waals surface area contributed by atoms with Gasteiger partial charge >= 0.3 is 5.92 Å². The molecule has 0 amide bonds. The number of anilines is 2. The Hall–Kier alpha value is -3.20. The summed E-state index contributed by atoms with van der Waals surface area (Å²) in [6.07, 6.45) is 4.95. The van der Waals surface area contributed by atoms with Crippen molar-refractivity contribution < 1.29 is 13.9 Å². The molecule has 1 fully saturated rings. The molecular weight excluding hydrogens is 438 g/mol. The Labute approximate surface area is 198 Å². The van der Waals surface area contributed by atoms with Crippen LogP contribution in [-0.2, 0) is 5.92 Å². The summed E-state index contributed by atoms with van der Waals surface area (Å²) >= 11 is 0. The van der Waals surface area contributed by atoms with Gasteiger partial charge in [0, 0.05) is 37.1 Å². The first-order chi connectivity index (χ1) is 16.0. The normalized spacial score (nSPS) is 19.4. The van der Waals surface area contributed by atoms with Crippen LogP contribution in [0.15, 0.2) is 48.9 Å². The van der Waals surface area contributed by atoms with Crippen molar-refractivity contribution in [3.05, 3.63) is 71.3 Å². The van der Waals surface area contributed by atoms with E-state index in [1.165, 1.54) is 12.1 Å². The van der Waals surface area contributed by atoms with Crippen molar-refractivity contribution in [1.29, 1.82) is 0 Å². The topological polar surface area (TPSA) is 78.3 Å². The number of benzene rings is 1. The molecule has 0 spiro atoms. The molecule has 0 radical (unpaired) electrons. The highest BCUT2D eigenvalue weighted by atomic mass is 19.3. The molecule has 7 nitrogen and oxygen atoms in total. The molecule has 2 aromatic heterocycles. The van der Waals surface area contributed by atoms with Gasteiger partial charge in [-0.1, -0.05) is 30.3 Å². The summed E-state index contributed by atoms with van der Waals surface area (Å²) in [4.78, 5) is 12.7. The molecule has 3 heterocycles. The summed E-state index contributed by atoms with van der Waals surface area (Å²) in [5.41, 5.74) is -0.576. The molecule has 2 atom stereocenters. The second-order valence-electron chi connectivity index (χ2n) is 9.45. The second kappa shape index (κ2) is 8.87. The van der Waals surface area contributed by atoms with Gasteiger partial charge in [0.1, 0.15) is 11.5 Å². The number of aliphatic hydroxyl groups is 1. The fourth-order valence-corrected chi connectivity index (χ4v) is 4.52. The van der Waals surface area contributed by atoms with E-state index in [0.717, 1.165) is 5.82 Å². The Kier molecular flexibility index (Phi) is 6.24. The lowest BCUT2D eigenvalue weighted by Crippen LogP contribution is -2.64. The van der Waals surface area contributed by atoms with Crippen molar-refractivity contribution in [2.24, 2.45) is 0 Å². The molecular formula is C25H30F2N6O. The zero-order valence-electron chi connectivity index (χ0n) is 20.1. The zero-order chi connectivity index (χ0) is 24.7.